The maximum atomic E-state index is 2.49. The monoisotopic (exact) mass is 677 g/mol. The van der Waals surface area contributed by atoms with Crippen LogP contribution in [0.15, 0.2) is 164 Å². The number of hydrogen-bond donors (Lipinski definition) is 0. The molecule has 9 aromatic rings. The van der Waals surface area contributed by atoms with Crippen LogP contribution in [0, 0.1) is 0 Å². The Kier molecular flexibility index (Phi) is 6.14. The van der Waals surface area contributed by atoms with E-state index in [0.29, 0.717) is 0 Å². The summed E-state index contributed by atoms with van der Waals surface area (Å²) in [5.74, 6) is 0. The topological polar surface area (TPSA) is 3.24 Å². The highest BCUT2D eigenvalue weighted by Crippen LogP contribution is 2.56. The maximum Gasteiger partial charge on any atom is 0.0543 e. The molecule has 11 rings (SSSR count). The Labute approximate surface area is 310 Å². The minimum atomic E-state index is -0.162. The first kappa shape index (κ1) is 30.4. The van der Waals surface area contributed by atoms with Crippen molar-refractivity contribution in [3.8, 4) is 22.3 Å². The van der Waals surface area contributed by atoms with Gasteiger partial charge >= 0.3 is 0 Å². The van der Waals surface area contributed by atoms with Gasteiger partial charge in [0.25, 0.3) is 0 Å². The lowest BCUT2D eigenvalue weighted by Crippen LogP contribution is -2.17. The summed E-state index contributed by atoms with van der Waals surface area (Å²) in [5, 5.41) is 10.3. The third-order valence-electron chi connectivity index (χ3n) is 12.5. The van der Waals surface area contributed by atoms with Crippen LogP contribution in [0.1, 0.15) is 49.9 Å². The van der Waals surface area contributed by atoms with Gasteiger partial charge in [0.2, 0.25) is 0 Å². The lowest BCUT2D eigenvalue weighted by molar-refractivity contribution is 0.661. The molecule has 0 N–H and O–H groups in total. The first-order valence-corrected chi connectivity index (χ1v) is 18.8. The molecule has 0 spiro atoms. The Hall–Kier alpha value is -6.18. The van der Waals surface area contributed by atoms with Crippen molar-refractivity contribution < 1.29 is 0 Å². The molecule has 2 aliphatic rings. The van der Waals surface area contributed by atoms with E-state index in [9.17, 15) is 0 Å². The van der Waals surface area contributed by atoms with Crippen LogP contribution in [0.5, 0.6) is 0 Å². The van der Waals surface area contributed by atoms with Crippen molar-refractivity contribution in [3.05, 3.63) is 186 Å². The molecule has 252 valence electrons. The van der Waals surface area contributed by atoms with E-state index in [1.165, 1.54) is 93.3 Å². The predicted octanol–water partition coefficient (Wildman–Crippen LogP) is 14.4. The molecule has 53 heavy (non-hydrogen) atoms. The lowest BCUT2D eigenvalue weighted by atomic mass is 9.79. The largest absolute Gasteiger partial charge is 0.310 e. The zero-order valence-corrected chi connectivity index (χ0v) is 30.5. The van der Waals surface area contributed by atoms with E-state index >= 15 is 0 Å². The van der Waals surface area contributed by atoms with E-state index in [1.807, 2.05) is 0 Å². The minimum Gasteiger partial charge on any atom is -0.310 e. The van der Waals surface area contributed by atoms with Gasteiger partial charge in [0.05, 0.1) is 5.69 Å². The maximum absolute atomic E-state index is 2.49. The SMILES string of the molecule is CC1(C)c2cc3ccccc3cc2-c2c1cc(N(c1ccccc1)c1ccc3c4c(ccc3c1)-c1cc3ccccc3cc1C4(C)C)c1ccccc21. The molecule has 0 amide bonds. The summed E-state index contributed by atoms with van der Waals surface area (Å²) in [6.45, 7) is 9.60. The van der Waals surface area contributed by atoms with Crippen LogP contribution in [0.2, 0.25) is 0 Å². The van der Waals surface area contributed by atoms with Crippen LogP contribution in [-0.4, -0.2) is 0 Å². The van der Waals surface area contributed by atoms with Gasteiger partial charge in [-0.15, -0.1) is 0 Å². The second kappa shape index (κ2) is 10.7. The molecule has 2 aliphatic carbocycles. The summed E-state index contributed by atoms with van der Waals surface area (Å²) < 4.78 is 0. The standard InChI is InChI=1S/C52H39N/c1-51(2)46-30-35-17-11-9-15-33(35)28-44(46)49-41-21-13-12-20-40(41)48(31-47(49)51)53(37-18-6-5-7-19-37)38-23-25-39-36(26-38)22-24-42-43-27-32-14-8-10-16-34(32)29-45(43)52(3,4)50(39)42/h5-31H,1-4H3. The molecule has 0 radical (unpaired) electrons. The van der Waals surface area contributed by atoms with Gasteiger partial charge in [-0.1, -0.05) is 137 Å². The average molecular weight is 678 g/mol. The van der Waals surface area contributed by atoms with Crippen LogP contribution in [-0.2, 0) is 10.8 Å². The summed E-state index contributed by atoms with van der Waals surface area (Å²) in [5.41, 5.74) is 14.3. The Bertz CT molecular complexity index is 3000. The van der Waals surface area contributed by atoms with Crippen LogP contribution in [0.4, 0.5) is 17.1 Å². The van der Waals surface area contributed by atoms with Crippen molar-refractivity contribution >= 4 is 60.2 Å². The van der Waals surface area contributed by atoms with Gasteiger partial charge in [-0.2, -0.15) is 0 Å². The molecule has 0 fully saturated rings. The van der Waals surface area contributed by atoms with Gasteiger partial charge in [-0.3, -0.25) is 0 Å². The van der Waals surface area contributed by atoms with Crippen LogP contribution < -0.4 is 4.90 Å². The van der Waals surface area contributed by atoms with Crippen LogP contribution >= 0.6 is 0 Å². The molecule has 0 saturated carbocycles. The number of fused-ring (bicyclic) bond motifs is 12. The van der Waals surface area contributed by atoms with Gasteiger partial charge in [-0.25, -0.2) is 0 Å². The quantitative estimate of drug-likeness (QED) is 0.180. The van der Waals surface area contributed by atoms with Crippen molar-refractivity contribution in [2.24, 2.45) is 0 Å². The third kappa shape index (κ3) is 4.20. The molecular weight excluding hydrogens is 639 g/mol. The van der Waals surface area contributed by atoms with Gasteiger partial charge in [0, 0.05) is 27.6 Å². The van der Waals surface area contributed by atoms with Crippen molar-refractivity contribution in [3.63, 3.8) is 0 Å². The molecule has 0 unspecified atom stereocenters. The number of anilines is 3. The summed E-state index contributed by atoms with van der Waals surface area (Å²) in [4.78, 5) is 2.48. The molecule has 9 aromatic carbocycles. The van der Waals surface area contributed by atoms with E-state index < -0.39 is 0 Å². The number of benzene rings is 9. The molecule has 0 aliphatic heterocycles. The fourth-order valence-electron chi connectivity index (χ4n) is 9.91. The van der Waals surface area contributed by atoms with Crippen LogP contribution in [0.25, 0.3) is 65.3 Å². The van der Waals surface area contributed by atoms with Gasteiger partial charge in [0.1, 0.15) is 0 Å². The highest BCUT2D eigenvalue weighted by molar-refractivity contribution is 6.12. The summed E-state index contributed by atoms with van der Waals surface area (Å²) in [6, 6.07) is 61.5. The van der Waals surface area contributed by atoms with E-state index in [4.69, 9.17) is 0 Å². The third-order valence-corrected chi connectivity index (χ3v) is 12.5. The Morgan fingerprint density at radius 2 is 0.943 bits per heavy atom. The van der Waals surface area contributed by atoms with Gasteiger partial charge in [0.15, 0.2) is 0 Å². The van der Waals surface area contributed by atoms with E-state index in [2.05, 4.69) is 196 Å². The molecule has 0 aromatic heterocycles. The number of hydrogen-bond acceptors (Lipinski definition) is 1. The highest BCUT2D eigenvalue weighted by Gasteiger charge is 2.39. The number of para-hydroxylation sites is 1. The molecule has 0 heterocycles. The molecular formula is C52H39N. The average Bonchev–Trinajstić information content (AvgIpc) is 3.55. The first-order valence-electron chi connectivity index (χ1n) is 18.8. The normalized spacial score (nSPS) is 14.7. The minimum absolute atomic E-state index is 0.115. The van der Waals surface area contributed by atoms with Crippen molar-refractivity contribution in [1.29, 1.82) is 0 Å². The zero-order valence-electron chi connectivity index (χ0n) is 30.5. The number of nitrogens with zero attached hydrogens (tertiary/aromatic N) is 1. The second-order valence-corrected chi connectivity index (χ2v) is 16.2. The Balaban J connectivity index is 1.14. The highest BCUT2D eigenvalue weighted by atomic mass is 15.1. The molecule has 1 nitrogen and oxygen atoms in total. The summed E-state index contributed by atoms with van der Waals surface area (Å²) in [7, 11) is 0. The molecule has 0 saturated heterocycles. The Morgan fingerprint density at radius 1 is 0.358 bits per heavy atom. The van der Waals surface area contributed by atoms with E-state index in [1.54, 1.807) is 0 Å². The number of rotatable bonds is 3. The fraction of sp³-hybridized carbons (Fsp3) is 0.115. The van der Waals surface area contributed by atoms with Gasteiger partial charge < -0.3 is 4.90 Å². The van der Waals surface area contributed by atoms with Crippen molar-refractivity contribution in [1.82, 2.24) is 0 Å². The van der Waals surface area contributed by atoms with Crippen molar-refractivity contribution in [2.75, 3.05) is 4.90 Å². The molecule has 0 bridgehead atoms. The van der Waals surface area contributed by atoms with Gasteiger partial charge in [-0.05, 0) is 137 Å². The summed E-state index contributed by atoms with van der Waals surface area (Å²) in [6.07, 6.45) is 0. The predicted molar refractivity (Wildman–Crippen MR) is 226 cm³/mol. The second-order valence-electron chi connectivity index (χ2n) is 16.2. The first-order chi connectivity index (χ1) is 25.8. The molecule has 1 heteroatoms. The molecule has 0 atom stereocenters. The van der Waals surface area contributed by atoms with Crippen molar-refractivity contribution in [2.45, 2.75) is 38.5 Å². The Morgan fingerprint density at radius 3 is 1.64 bits per heavy atom. The van der Waals surface area contributed by atoms with E-state index in [0.717, 1.165) is 11.4 Å². The zero-order chi connectivity index (χ0) is 35.6. The summed E-state index contributed by atoms with van der Waals surface area (Å²) >= 11 is 0. The fourth-order valence-corrected chi connectivity index (χ4v) is 9.91. The lowest BCUT2D eigenvalue weighted by Gasteiger charge is -2.30. The van der Waals surface area contributed by atoms with E-state index in [-0.39, 0.29) is 10.8 Å². The van der Waals surface area contributed by atoms with Crippen LogP contribution in [0.3, 0.4) is 0 Å². The smallest absolute Gasteiger partial charge is 0.0543 e.